The van der Waals surface area contributed by atoms with Crippen LogP contribution in [0, 0.1) is 0 Å². The number of aliphatic hydroxyl groups is 1. The molecule has 0 bridgehead atoms. The van der Waals surface area contributed by atoms with E-state index in [9.17, 15) is 23.9 Å². The monoisotopic (exact) mass is 427 g/mol. The number of nitrogens with zero attached hydrogens (tertiary/aromatic N) is 3. The molecule has 2 aromatic heterocycles. The number of nitrogens with one attached hydrogen (secondary N) is 1. The molecule has 150 valence electrons. The molecule has 0 aromatic carbocycles. The molecule has 0 spiro atoms. The van der Waals surface area contributed by atoms with Crippen LogP contribution >= 0.6 is 15.6 Å². The molecule has 1 saturated heterocycles. The van der Waals surface area contributed by atoms with Crippen molar-refractivity contribution < 1.29 is 42.5 Å². The van der Waals surface area contributed by atoms with E-state index in [1.54, 1.807) is 0 Å². The van der Waals surface area contributed by atoms with Crippen LogP contribution in [0.25, 0.3) is 11.2 Å². The first-order valence-electron chi connectivity index (χ1n) is 7.25. The Morgan fingerprint density at radius 3 is 2.78 bits per heavy atom. The Balaban J connectivity index is 1.73. The van der Waals surface area contributed by atoms with Crippen LogP contribution in [-0.4, -0.2) is 58.1 Å². The largest absolute Gasteiger partial charge is 0.481 e. The zero-order valence-corrected chi connectivity index (χ0v) is 15.1. The fourth-order valence-corrected chi connectivity index (χ4v) is 4.13. The lowest BCUT2D eigenvalue weighted by atomic mass is 10.2. The maximum atomic E-state index is 11.5. The van der Waals surface area contributed by atoms with E-state index in [2.05, 4.69) is 23.8 Å². The molecule has 2 aromatic rings. The van der Waals surface area contributed by atoms with E-state index in [0.29, 0.717) is 0 Å². The van der Waals surface area contributed by atoms with E-state index < -0.39 is 46.4 Å². The zero-order valence-electron chi connectivity index (χ0n) is 13.3. The molecule has 0 radical (unpaired) electrons. The highest BCUT2D eigenvalue weighted by molar-refractivity contribution is 7.60. The van der Waals surface area contributed by atoms with Gasteiger partial charge in [0, 0.05) is 6.42 Å². The number of anilines is 1. The molecule has 27 heavy (non-hydrogen) atoms. The number of rotatable bonds is 6. The van der Waals surface area contributed by atoms with Crippen LogP contribution in [0.3, 0.4) is 0 Å². The molecule has 1 aliphatic heterocycles. The first kappa shape index (κ1) is 20.1. The fourth-order valence-electron chi connectivity index (χ4n) is 2.53. The number of nitrogen functional groups attached to an aromatic ring is 1. The average molecular weight is 427 g/mol. The summed E-state index contributed by atoms with van der Waals surface area (Å²) in [6.45, 7) is -0.700. The molecule has 0 amide bonds. The lowest BCUT2D eigenvalue weighted by molar-refractivity contribution is -0.0423. The maximum absolute atomic E-state index is 11.5. The molecular weight excluding hydrogens is 412 g/mol. The summed E-state index contributed by atoms with van der Waals surface area (Å²) in [4.78, 5) is 47.9. The van der Waals surface area contributed by atoms with Crippen molar-refractivity contribution in [2.75, 3.05) is 12.3 Å². The lowest BCUT2D eigenvalue weighted by Gasteiger charge is -2.18. The smallest absolute Gasteiger partial charge is 0.390 e. The number of ether oxygens (including phenoxy) is 1. The quantitative estimate of drug-likeness (QED) is 0.291. The van der Waals surface area contributed by atoms with Gasteiger partial charge < -0.3 is 30.3 Å². The summed E-state index contributed by atoms with van der Waals surface area (Å²) in [5.41, 5.74) is 5.25. The maximum Gasteiger partial charge on any atom is 0.481 e. The summed E-state index contributed by atoms with van der Waals surface area (Å²) in [6, 6.07) is 0. The fraction of sp³-hybridized carbons (Fsp3) is 0.500. The van der Waals surface area contributed by atoms with E-state index in [0.717, 1.165) is 0 Å². The number of nitrogens with two attached hydrogens (primary N) is 1. The van der Waals surface area contributed by atoms with Crippen LogP contribution in [0.4, 0.5) is 5.82 Å². The molecule has 15 nitrogen and oxygen atoms in total. The van der Waals surface area contributed by atoms with E-state index in [1.165, 1.54) is 10.9 Å². The van der Waals surface area contributed by atoms with Crippen LogP contribution in [0.15, 0.2) is 11.1 Å². The van der Waals surface area contributed by atoms with Crippen LogP contribution in [0.1, 0.15) is 12.6 Å². The van der Waals surface area contributed by atoms with E-state index in [4.69, 9.17) is 20.3 Å². The number of phosphoric acid groups is 2. The predicted molar refractivity (Wildman–Crippen MR) is 86.0 cm³/mol. The molecule has 1 aliphatic rings. The number of aromatic nitrogens is 4. The number of H-pyrrole nitrogens is 1. The second-order valence-corrected chi connectivity index (χ2v) is 8.38. The molecular formula is C10H15N5O10P2. The van der Waals surface area contributed by atoms with Gasteiger partial charge in [-0.2, -0.15) is 9.29 Å². The van der Waals surface area contributed by atoms with Gasteiger partial charge in [0.2, 0.25) is 0 Å². The summed E-state index contributed by atoms with van der Waals surface area (Å²) >= 11 is 0. The van der Waals surface area contributed by atoms with E-state index >= 15 is 0 Å². The van der Waals surface area contributed by atoms with Gasteiger partial charge in [-0.3, -0.25) is 14.1 Å². The Bertz CT molecular complexity index is 1000. The topological polar surface area (TPSA) is 232 Å². The number of hydrogen-bond acceptors (Lipinski definition) is 10. The van der Waals surface area contributed by atoms with Gasteiger partial charge in [0.25, 0.3) is 0 Å². The Morgan fingerprint density at radius 2 is 2.11 bits per heavy atom. The van der Waals surface area contributed by atoms with Gasteiger partial charge in [-0.15, -0.1) is 0 Å². The summed E-state index contributed by atoms with van der Waals surface area (Å²) in [6.07, 6.45) is -1.87. The number of phosphoric ester groups is 1. The minimum atomic E-state index is -5.26. The third kappa shape index (κ3) is 4.60. The van der Waals surface area contributed by atoms with Gasteiger partial charge in [-0.05, 0) is 0 Å². The van der Waals surface area contributed by atoms with Crippen molar-refractivity contribution in [1.82, 2.24) is 19.5 Å². The summed E-state index contributed by atoms with van der Waals surface area (Å²) < 4.78 is 37.0. The summed E-state index contributed by atoms with van der Waals surface area (Å²) in [5.74, 6) is -0.00187. The van der Waals surface area contributed by atoms with Crippen LogP contribution in [0.2, 0.25) is 0 Å². The molecule has 3 rings (SSSR count). The molecule has 3 heterocycles. The van der Waals surface area contributed by atoms with E-state index in [1.807, 2.05) is 0 Å². The number of aliphatic hydroxyl groups excluding tert-OH is 1. The second kappa shape index (κ2) is 7.05. The number of fused-ring (bicyclic) bond motifs is 1. The van der Waals surface area contributed by atoms with Crippen LogP contribution < -0.4 is 11.4 Å². The van der Waals surface area contributed by atoms with Gasteiger partial charge in [0.1, 0.15) is 23.7 Å². The first-order chi connectivity index (χ1) is 12.5. The third-order valence-corrected chi connectivity index (χ3v) is 5.75. The van der Waals surface area contributed by atoms with Gasteiger partial charge in [-0.25, -0.2) is 18.9 Å². The predicted octanol–water partition coefficient (Wildman–Crippen LogP) is -1.42. The second-order valence-electron chi connectivity index (χ2n) is 5.55. The van der Waals surface area contributed by atoms with Crippen molar-refractivity contribution in [3.05, 3.63) is 16.8 Å². The third-order valence-electron chi connectivity index (χ3n) is 3.60. The highest BCUT2D eigenvalue weighted by atomic mass is 31.3. The molecule has 4 atom stereocenters. The number of imidazole rings is 1. The normalized spacial score (nSPS) is 25.7. The Morgan fingerprint density at radius 1 is 1.41 bits per heavy atom. The van der Waals surface area contributed by atoms with Crippen molar-refractivity contribution in [3.8, 4) is 0 Å². The standard InChI is InChI=1S/C10H15N5O10P2/c11-8-7-9(14-10(17)13-8)15(3-12-7)6-1-4(16)5(24-6)2-23-27(21,22)25-26(18,19)20/h3-6,16H,1-2H2,(H,21,22)(H2,18,19,20)(H3,11,13,14,17)/t4-,5+,6+/m0/s1. The van der Waals surface area contributed by atoms with E-state index in [-0.39, 0.29) is 23.4 Å². The first-order valence-corrected chi connectivity index (χ1v) is 10.3. The Hall–Kier alpha value is -1.67. The minimum absolute atomic E-state index is 0.00187. The highest BCUT2D eigenvalue weighted by Gasteiger charge is 2.39. The molecule has 1 fully saturated rings. The Kier molecular flexibility index (Phi) is 5.24. The van der Waals surface area contributed by atoms with Crippen molar-refractivity contribution in [1.29, 1.82) is 0 Å². The molecule has 17 heteroatoms. The summed E-state index contributed by atoms with van der Waals surface area (Å²) in [7, 11) is -10.3. The molecule has 7 N–H and O–H groups in total. The molecule has 0 saturated carbocycles. The minimum Gasteiger partial charge on any atom is -0.390 e. The van der Waals surface area contributed by atoms with Gasteiger partial charge in [0.15, 0.2) is 5.65 Å². The van der Waals surface area contributed by atoms with Gasteiger partial charge >= 0.3 is 21.3 Å². The van der Waals surface area contributed by atoms with Crippen molar-refractivity contribution in [3.63, 3.8) is 0 Å². The SMILES string of the molecule is Nc1[nH]c(=O)nc2c1ncn2[C@H]1C[C@H](O)[C@@H](COP(=O)(O)OP(=O)(O)O)O1. The number of hydrogen-bond donors (Lipinski definition) is 6. The zero-order chi connectivity index (χ0) is 20.0. The van der Waals surface area contributed by atoms with Crippen LogP contribution in [-0.2, 0) is 22.7 Å². The average Bonchev–Trinajstić information content (AvgIpc) is 3.06. The number of aromatic amines is 1. The summed E-state index contributed by atoms with van der Waals surface area (Å²) in [5, 5.41) is 10.1. The van der Waals surface area contributed by atoms with Gasteiger partial charge in [-0.1, -0.05) is 0 Å². The van der Waals surface area contributed by atoms with Crippen molar-refractivity contribution in [2.45, 2.75) is 24.9 Å². The highest BCUT2D eigenvalue weighted by Crippen LogP contribution is 2.57. The Labute approximate surface area is 149 Å². The molecule has 1 unspecified atom stereocenters. The van der Waals surface area contributed by atoms with Crippen LogP contribution in [0.5, 0.6) is 0 Å². The van der Waals surface area contributed by atoms with Gasteiger partial charge in [0.05, 0.1) is 19.0 Å². The van der Waals surface area contributed by atoms with Crippen molar-refractivity contribution in [2.24, 2.45) is 0 Å². The van der Waals surface area contributed by atoms with Crippen molar-refractivity contribution >= 4 is 32.6 Å². The molecule has 0 aliphatic carbocycles. The lowest BCUT2D eigenvalue weighted by Crippen LogP contribution is -2.26.